The minimum atomic E-state index is -0.603. The van der Waals surface area contributed by atoms with Gasteiger partial charge in [0.15, 0.2) is 0 Å². The molecule has 2 N–H and O–H groups in total. The Balaban J connectivity index is 1.50. The molecule has 134 valence electrons. The minimum Gasteiger partial charge on any atom is -0.325 e. The van der Waals surface area contributed by atoms with Crippen molar-refractivity contribution in [3.63, 3.8) is 0 Å². The Bertz CT molecular complexity index is 1080. The van der Waals surface area contributed by atoms with Crippen LogP contribution in [0.3, 0.4) is 0 Å². The standard InChI is InChI=1S/C18H10BrN3O5/c19-8-1-3-11-13(5-8)18(27)22(17(11)26)7-14(23)20-9-2-4-10-12(6-9)16(25)21-15(10)24/h1-6H,7H2,(H,20,23)(H,21,24,25). The van der Waals surface area contributed by atoms with Gasteiger partial charge in [0.05, 0.1) is 22.3 Å². The van der Waals surface area contributed by atoms with Gasteiger partial charge in [-0.2, -0.15) is 0 Å². The first kappa shape index (κ1) is 17.1. The van der Waals surface area contributed by atoms with Gasteiger partial charge in [0.25, 0.3) is 23.6 Å². The van der Waals surface area contributed by atoms with Crippen LogP contribution in [0.15, 0.2) is 40.9 Å². The summed E-state index contributed by atoms with van der Waals surface area (Å²) in [4.78, 5) is 61.1. The summed E-state index contributed by atoms with van der Waals surface area (Å²) in [6.45, 7) is -0.466. The number of imide groups is 2. The van der Waals surface area contributed by atoms with Crippen LogP contribution >= 0.6 is 15.9 Å². The minimum absolute atomic E-state index is 0.156. The van der Waals surface area contributed by atoms with Crippen molar-refractivity contribution >= 4 is 51.2 Å². The van der Waals surface area contributed by atoms with Crippen LogP contribution in [-0.4, -0.2) is 41.0 Å². The smallest absolute Gasteiger partial charge is 0.262 e. The third-order valence-electron chi connectivity index (χ3n) is 4.25. The molecule has 2 aromatic rings. The molecule has 8 nitrogen and oxygen atoms in total. The second-order valence-electron chi connectivity index (χ2n) is 5.98. The molecule has 0 atom stereocenters. The van der Waals surface area contributed by atoms with Crippen LogP contribution in [0.1, 0.15) is 41.4 Å². The fourth-order valence-corrected chi connectivity index (χ4v) is 3.36. The number of nitrogens with zero attached hydrogens (tertiary/aromatic N) is 1. The summed E-state index contributed by atoms with van der Waals surface area (Å²) < 4.78 is 0.652. The van der Waals surface area contributed by atoms with Crippen molar-refractivity contribution in [3.05, 3.63) is 63.1 Å². The maximum Gasteiger partial charge on any atom is 0.262 e. The van der Waals surface area contributed by atoms with E-state index in [4.69, 9.17) is 0 Å². The number of amides is 5. The zero-order valence-electron chi connectivity index (χ0n) is 13.5. The van der Waals surface area contributed by atoms with E-state index in [1.807, 2.05) is 0 Å². The summed E-state index contributed by atoms with van der Waals surface area (Å²) in [7, 11) is 0. The van der Waals surface area contributed by atoms with Gasteiger partial charge in [-0.15, -0.1) is 0 Å². The topological polar surface area (TPSA) is 113 Å². The molecule has 0 spiro atoms. The summed E-state index contributed by atoms with van der Waals surface area (Å²) in [6, 6.07) is 8.95. The van der Waals surface area contributed by atoms with E-state index < -0.39 is 36.1 Å². The normalized spacial score (nSPS) is 14.9. The summed E-state index contributed by atoms with van der Waals surface area (Å²) in [5.74, 6) is -2.74. The molecular formula is C18H10BrN3O5. The van der Waals surface area contributed by atoms with Gasteiger partial charge in [-0.1, -0.05) is 15.9 Å². The van der Waals surface area contributed by atoms with E-state index in [0.717, 1.165) is 4.90 Å². The number of anilines is 1. The third-order valence-corrected chi connectivity index (χ3v) is 4.75. The number of rotatable bonds is 3. The highest BCUT2D eigenvalue weighted by Crippen LogP contribution is 2.26. The van der Waals surface area contributed by atoms with Crippen LogP contribution in [0.25, 0.3) is 0 Å². The van der Waals surface area contributed by atoms with Gasteiger partial charge in [0.2, 0.25) is 5.91 Å². The molecule has 0 saturated heterocycles. The van der Waals surface area contributed by atoms with E-state index in [2.05, 4.69) is 26.6 Å². The summed E-state index contributed by atoms with van der Waals surface area (Å²) in [6.07, 6.45) is 0. The number of carbonyl (C=O) groups excluding carboxylic acids is 5. The van der Waals surface area contributed by atoms with Crippen LogP contribution in [0, 0.1) is 0 Å². The van der Waals surface area contributed by atoms with Gasteiger partial charge in [-0.3, -0.25) is 34.2 Å². The third kappa shape index (κ3) is 2.81. The van der Waals surface area contributed by atoms with Gasteiger partial charge in [0.1, 0.15) is 6.54 Å². The molecule has 2 aliphatic rings. The number of benzene rings is 2. The zero-order chi connectivity index (χ0) is 19.3. The van der Waals surface area contributed by atoms with Crippen LogP contribution in [0.5, 0.6) is 0 Å². The summed E-state index contributed by atoms with van der Waals surface area (Å²) >= 11 is 3.24. The van der Waals surface area contributed by atoms with Crippen molar-refractivity contribution in [2.24, 2.45) is 0 Å². The number of halogens is 1. The van der Waals surface area contributed by atoms with Crippen molar-refractivity contribution < 1.29 is 24.0 Å². The van der Waals surface area contributed by atoms with Gasteiger partial charge in [-0.25, -0.2) is 0 Å². The van der Waals surface area contributed by atoms with Crippen LogP contribution in [0.4, 0.5) is 5.69 Å². The van der Waals surface area contributed by atoms with Crippen molar-refractivity contribution in [1.29, 1.82) is 0 Å². The predicted molar refractivity (Wildman–Crippen MR) is 96.4 cm³/mol. The first-order valence-corrected chi connectivity index (χ1v) is 8.60. The van der Waals surface area contributed by atoms with Crippen molar-refractivity contribution in [3.8, 4) is 0 Å². The van der Waals surface area contributed by atoms with E-state index in [1.165, 1.54) is 30.3 Å². The molecule has 27 heavy (non-hydrogen) atoms. The molecule has 0 radical (unpaired) electrons. The molecule has 0 saturated carbocycles. The fourth-order valence-electron chi connectivity index (χ4n) is 3.00. The predicted octanol–water partition coefficient (Wildman–Crippen LogP) is 1.57. The number of fused-ring (bicyclic) bond motifs is 2. The first-order chi connectivity index (χ1) is 12.8. The number of hydrogen-bond donors (Lipinski definition) is 2. The molecule has 0 unspecified atom stereocenters. The second kappa shape index (κ2) is 6.13. The lowest BCUT2D eigenvalue weighted by Gasteiger charge is -2.13. The molecule has 0 aliphatic carbocycles. The molecule has 9 heteroatoms. The quantitative estimate of drug-likeness (QED) is 0.721. The lowest BCUT2D eigenvalue weighted by Crippen LogP contribution is -2.37. The maximum absolute atomic E-state index is 12.4. The average molecular weight is 428 g/mol. The summed E-state index contributed by atoms with van der Waals surface area (Å²) in [5, 5.41) is 4.68. The zero-order valence-corrected chi connectivity index (χ0v) is 15.1. The first-order valence-electron chi connectivity index (χ1n) is 7.80. The van der Waals surface area contributed by atoms with Gasteiger partial charge >= 0.3 is 0 Å². The van der Waals surface area contributed by atoms with Crippen molar-refractivity contribution in [2.45, 2.75) is 0 Å². The molecule has 4 rings (SSSR count). The SMILES string of the molecule is O=C(CN1C(=O)c2ccc(Br)cc2C1=O)Nc1ccc2c(c1)C(=O)NC2=O. The lowest BCUT2D eigenvalue weighted by molar-refractivity contribution is -0.116. The maximum atomic E-state index is 12.4. The molecule has 0 aromatic heterocycles. The van der Waals surface area contributed by atoms with E-state index in [0.29, 0.717) is 4.47 Å². The van der Waals surface area contributed by atoms with E-state index in [1.54, 1.807) is 6.07 Å². The average Bonchev–Trinajstić information content (AvgIpc) is 3.03. The Labute approximate surface area is 160 Å². The van der Waals surface area contributed by atoms with Gasteiger partial charge < -0.3 is 5.32 Å². The highest BCUT2D eigenvalue weighted by Gasteiger charge is 2.36. The van der Waals surface area contributed by atoms with Crippen LogP contribution in [0.2, 0.25) is 0 Å². The Morgan fingerprint density at radius 2 is 1.56 bits per heavy atom. The van der Waals surface area contributed by atoms with E-state index >= 15 is 0 Å². The molecule has 0 bridgehead atoms. The van der Waals surface area contributed by atoms with E-state index in [-0.39, 0.29) is 27.9 Å². The fraction of sp³-hybridized carbons (Fsp3) is 0.0556. The Morgan fingerprint density at radius 3 is 2.33 bits per heavy atom. The Kier molecular flexibility index (Phi) is 3.88. The molecule has 2 aromatic carbocycles. The molecule has 5 amide bonds. The van der Waals surface area contributed by atoms with Crippen LogP contribution in [-0.2, 0) is 4.79 Å². The lowest BCUT2D eigenvalue weighted by atomic mass is 10.1. The largest absolute Gasteiger partial charge is 0.325 e. The Morgan fingerprint density at radius 1 is 0.889 bits per heavy atom. The number of carbonyl (C=O) groups is 5. The highest BCUT2D eigenvalue weighted by molar-refractivity contribution is 9.10. The number of hydrogen-bond acceptors (Lipinski definition) is 5. The van der Waals surface area contributed by atoms with E-state index in [9.17, 15) is 24.0 Å². The molecule has 2 aliphatic heterocycles. The van der Waals surface area contributed by atoms with Gasteiger partial charge in [-0.05, 0) is 36.4 Å². The molecule has 0 fully saturated rings. The van der Waals surface area contributed by atoms with Gasteiger partial charge in [0, 0.05) is 10.2 Å². The highest BCUT2D eigenvalue weighted by atomic mass is 79.9. The molecule has 2 heterocycles. The second-order valence-corrected chi connectivity index (χ2v) is 6.89. The Hall–Kier alpha value is -3.33. The summed E-state index contributed by atoms with van der Waals surface area (Å²) in [5.41, 5.74) is 1.13. The monoisotopic (exact) mass is 427 g/mol. The van der Waals surface area contributed by atoms with Crippen molar-refractivity contribution in [1.82, 2.24) is 10.2 Å². The number of nitrogens with one attached hydrogen (secondary N) is 2. The van der Waals surface area contributed by atoms with Crippen LogP contribution < -0.4 is 10.6 Å². The van der Waals surface area contributed by atoms with Crippen molar-refractivity contribution in [2.75, 3.05) is 11.9 Å². The molecular weight excluding hydrogens is 418 g/mol.